The third-order valence-corrected chi connectivity index (χ3v) is 3.38. The highest BCUT2D eigenvalue weighted by Crippen LogP contribution is 2.26. The van der Waals surface area contributed by atoms with Crippen LogP contribution in [0.4, 0.5) is 5.69 Å². The Balaban J connectivity index is 1.86. The van der Waals surface area contributed by atoms with E-state index in [4.69, 9.17) is 0 Å². The molecule has 0 saturated heterocycles. The molecule has 0 fully saturated rings. The zero-order valence-corrected chi connectivity index (χ0v) is 10.8. The van der Waals surface area contributed by atoms with Gasteiger partial charge in [-0.15, -0.1) is 0 Å². The third-order valence-electron chi connectivity index (χ3n) is 3.38. The van der Waals surface area contributed by atoms with Crippen molar-refractivity contribution in [2.45, 2.75) is 6.92 Å². The average molecular weight is 249 g/mol. The molecule has 2 aromatic rings. The van der Waals surface area contributed by atoms with Crippen LogP contribution in [-0.2, 0) is 4.79 Å². The summed E-state index contributed by atoms with van der Waals surface area (Å²) >= 11 is 0. The summed E-state index contributed by atoms with van der Waals surface area (Å²) in [5, 5.41) is 0. The molecule has 19 heavy (non-hydrogen) atoms. The quantitative estimate of drug-likeness (QED) is 0.798. The van der Waals surface area contributed by atoms with Crippen molar-refractivity contribution in [3.63, 3.8) is 0 Å². The summed E-state index contributed by atoms with van der Waals surface area (Å²) in [5.41, 5.74) is 4.35. The maximum atomic E-state index is 12.1. The first-order valence-electron chi connectivity index (χ1n) is 6.38. The number of nitrogens with zero attached hydrogens (tertiary/aromatic N) is 1. The van der Waals surface area contributed by atoms with E-state index in [1.165, 1.54) is 5.56 Å². The van der Waals surface area contributed by atoms with Crippen LogP contribution in [0.1, 0.15) is 11.1 Å². The number of anilines is 1. The lowest BCUT2D eigenvalue weighted by Crippen LogP contribution is -2.24. The van der Waals surface area contributed by atoms with Gasteiger partial charge < -0.3 is 4.90 Å². The summed E-state index contributed by atoms with van der Waals surface area (Å²) in [4.78, 5) is 13.9. The minimum Gasteiger partial charge on any atom is -0.304 e. The van der Waals surface area contributed by atoms with Gasteiger partial charge >= 0.3 is 0 Å². The first-order chi connectivity index (χ1) is 9.24. The van der Waals surface area contributed by atoms with E-state index in [1.807, 2.05) is 66.4 Å². The number of rotatable bonds is 2. The molecule has 1 aliphatic rings. The number of hydrogen-bond donors (Lipinski definition) is 0. The van der Waals surface area contributed by atoms with Gasteiger partial charge in [-0.2, -0.15) is 0 Å². The SMILES string of the molecule is Cc1ccc(N2CC(c3ccccc3)=CC2=O)cc1. The van der Waals surface area contributed by atoms with Crippen molar-refractivity contribution < 1.29 is 4.79 Å². The van der Waals surface area contributed by atoms with Crippen molar-refractivity contribution in [1.29, 1.82) is 0 Å². The first-order valence-corrected chi connectivity index (χ1v) is 6.38. The standard InChI is InChI=1S/C17H15NO/c1-13-7-9-16(10-8-13)18-12-15(11-17(18)19)14-5-3-2-4-6-14/h2-11H,12H2,1H3. The fourth-order valence-corrected chi connectivity index (χ4v) is 2.29. The van der Waals surface area contributed by atoms with E-state index in [-0.39, 0.29) is 5.91 Å². The normalized spacial score (nSPS) is 14.7. The second-order valence-corrected chi connectivity index (χ2v) is 4.80. The average Bonchev–Trinajstić information content (AvgIpc) is 2.83. The lowest BCUT2D eigenvalue weighted by atomic mass is 10.1. The van der Waals surface area contributed by atoms with E-state index in [0.29, 0.717) is 6.54 Å². The topological polar surface area (TPSA) is 20.3 Å². The number of benzene rings is 2. The van der Waals surface area contributed by atoms with Crippen LogP contribution < -0.4 is 4.90 Å². The minimum absolute atomic E-state index is 0.0581. The van der Waals surface area contributed by atoms with E-state index in [2.05, 4.69) is 0 Å². The molecule has 1 amide bonds. The summed E-state index contributed by atoms with van der Waals surface area (Å²) in [6, 6.07) is 18.1. The smallest absolute Gasteiger partial charge is 0.251 e. The Kier molecular flexibility index (Phi) is 2.92. The Morgan fingerprint density at radius 3 is 2.32 bits per heavy atom. The van der Waals surface area contributed by atoms with Crippen LogP contribution in [-0.4, -0.2) is 12.5 Å². The third kappa shape index (κ3) is 2.29. The van der Waals surface area contributed by atoms with Gasteiger partial charge in [0.2, 0.25) is 0 Å². The monoisotopic (exact) mass is 249 g/mol. The van der Waals surface area contributed by atoms with Gasteiger partial charge in [-0.05, 0) is 30.2 Å². The molecule has 0 atom stereocenters. The van der Waals surface area contributed by atoms with Crippen LogP contribution in [0.5, 0.6) is 0 Å². The molecule has 2 nitrogen and oxygen atoms in total. The van der Waals surface area contributed by atoms with Crippen molar-refractivity contribution in [1.82, 2.24) is 0 Å². The van der Waals surface area contributed by atoms with Gasteiger partial charge in [-0.1, -0.05) is 48.0 Å². The van der Waals surface area contributed by atoms with E-state index >= 15 is 0 Å². The zero-order chi connectivity index (χ0) is 13.2. The molecule has 0 bridgehead atoms. The Labute approximate surface area is 113 Å². The predicted octanol–water partition coefficient (Wildman–Crippen LogP) is 3.43. The first kappa shape index (κ1) is 11.7. The zero-order valence-electron chi connectivity index (χ0n) is 10.8. The molecule has 0 N–H and O–H groups in total. The van der Waals surface area contributed by atoms with E-state index in [1.54, 1.807) is 6.08 Å². The molecule has 1 heterocycles. The molecule has 3 rings (SSSR count). The molecule has 0 spiro atoms. The Morgan fingerprint density at radius 1 is 0.947 bits per heavy atom. The maximum Gasteiger partial charge on any atom is 0.251 e. The van der Waals surface area contributed by atoms with Gasteiger partial charge in [0.15, 0.2) is 0 Å². The van der Waals surface area contributed by atoms with Crippen LogP contribution >= 0.6 is 0 Å². The molecule has 2 aromatic carbocycles. The van der Waals surface area contributed by atoms with Crippen LogP contribution in [0.15, 0.2) is 60.7 Å². The van der Waals surface area contributed by atoms with Crippen molar-refractivity contribution in [3.05, 3.63) is 71.8 Å². The summed E-state index contributed by atoms with van der Waals surface area (Å²) in [5.74, 6) is 0.0581. The van der Waals surface area contributed by atoms with Crippen molar-refractivity contribution in [3.8, 4) is 0 Å². The van der Waals surface area contributed by atoms with Crippen molar-refractivity contribution in [2.24, 2.45) is 0 Å². The van der Waals surface area contributed by atoms with Gasteiger partial charge in [0.25, 0.3) is 5.91 Å². The van der Waals surface area contributed by atoms with Gasteiger partial charge in [0.1, 0.15) is 0 Å². The molecule has 1 aliphatic heterocycles. The molecular weight excluding hydrogens is 234 g/mol. The van der Waals surface area contributed by atoms with Crippen LogP contribution in [0, 0.1) is 6.92 Å². The van der Waals surface area contributed by atoms with Crippen molar-refractivity contribution in [2.75, 3.05) is 11.4 Å². The number of amides is 1. The number of hydrogen-bond acceptors (Lipinski definition) is 1. The molecule has 0 aliphatic carbocycles. The predicted molar refractivity (Wildman–Crippen MR) is 78.0 cm³/mol. The van der Waals surface area contributed by atoms with Crippen molar-refractivity contribution >= 4 is 17.2 Å². The molecule has 0 saturated carbocycles. The summed E-state index contributed by atoms with van der Waals surface area (Å²) in [7, 11) is 0. The van der Waals surface area contributed by atoms with Crippen LogP contribution in [0.3, 0.4) is 0 Å². The Hall–Kier alpha value is -2.35. The van der Waals surface area contributed by atoms with Crippen LogP contribution in [0.2, 0.25) is 0 Å². The largest absolute Gasteiger partial charge is 0.304 e. The van der Waals surface area contributed by atoms with E-state index in [9.17, 15) is 4.79 Å². The lowest BCUT2D eigenvalue weighted by molar-refractivity contribution is -0.113. The molecule has 2 heteroatoms. The molecular formula is C17H15NO. The highest BCUT2D eigenvalue weighted by Gasteiger charge is 2.23. The fraction of sp³-hybridized carbons (Fsp3) is 0.118. The van der Waals surface area contributed by atoms with Gasteiger partial charge in [0, 0.05) is 11.8 Å². The minimum atomic E-state index is 0.0581. The summed E-state index contributed by atoms with van der Waals surface area (Å²) in [6.45, 7) is 2.69. The highest BCUT2D eigenvalue weighted by atomic mass is 16.2. The second-order valence-electron chi connectivity index (χ2n) is 4.80. The summed E-state index contributed by atoms with van der Waals surface area (Å²) in [6.07, 6.45) is 1.73. The van der Waals surface area contributed by atoms with E-state index in [0.717, 1.165) is 16.8 Å². The Bertz CT molecular complexity index is 626. The van der Waals surface area contributed by atoms with Crippen LogP contribution in [0.25, 0.3) is 5.57 Å². The number of carbonyl (C=O) groups excluding carboxylic acids is 1. The lowest BCUT2D eigenvalue weighted by Gasteiger charge is -2.17. The number of aryl methyl sites for hydroxylation is 1. The van der Waals surface area contributed by atoms with Gasteiger partial charge in [-0.3, -0.25) is 4.79 Å². The fourth-order valence-electron chi connectivity index (χ4n) is 2.29. The highest BCUT2D eigenvalue weighted by molar-refractivity contribution is 6.11. The molecule has 0 aromatic heterocycles. The number of carbonyl (C=O) groups is 1. The molecule has 94 valence electrons. The van der Waals surface area contributed by atoms with Gasteiger partial charge in [0.05, 0.1) is 6.54 Å². The van der Waals surface area contributed by atoms with Gasteiger partial charge in [-0.25, -0.2) is 0 Å². The second kappa shape index (κ2) is 4.73. The summed E-state index contributed by atoms with van der Waals surface area (Å²) < 4.78 is 0. The molecule has 0 unspecified atom stereocenters. The maximum absolute atomic E-state index is 12.1. The Morgan fingerprint density at radius 2 is 1.63 bits per heavy atom. The van der Waals surface area contributed by atoms with E-state index < -0.39 is 0 Å². The molecule has 0 radical (unpaired) electrons.